The van der Waals surface area contributed by atoms with Crippen molar-refractivity contribution in [1.29, 1.82) is 0 Å². The lowest BCUT2D eigenvalue weighted by atomic mass is 10.0. The maximum absolute atomic E-state index is 4.89. The number of thiazole rings is 1. The van der Waals surface area contributed by atoms with E-state index in [-0.39, 0.29) is 0 Å². The molecule has 0 amide bonds. The fourth-order valence-electron chi connectivity index (χ4n) is 3.23. The Morgan fingerprint density at radius 2 is 1.88 bits per heavy atom. The third-order valence-electron chi connectivity index (χ3n) is 4.23. The van der Waals surface area contributed by atoms with Crippen LogP contribution < -0.4 is 0 Å². The number of allylic oxidation sites excluding steroid dienone is 2. The Bertz CT molecular complexity index is 1010. The normalized spacial score (nSPS) is 16.5. The summed E-state index contributed by atoms with van der Waals surface area (Å²) < 4.78 is 1.20. The highest BCUT2D eigenvalue weighted by Gasteiger charge is 2.22. The van der Waals surface area contributed by atoms with Crippen molar-refractivity contribution in [3.63, 3.8) is 0 Å². The summed E-state index contributed by atoms with van der Waals surface area (Å²) in [5, 5.41) is 1.02. The molecule has 1 N–H and O–H groups in total. The number of aliphatic imine (C=N–C) groups is 1. The Morgan fingerprint density at radius 3 is 2.50 bits per heavy atom. The molecule has 24 heavy (non-hydrogen) atoms. The molecule has 1 aromatic carbocycles. The maximum Gasteiger partial charge on any atom is 0.128 e. The summed E-state index contributed by atoms with van der Waals surface area (Å²) in [6.07, 6.45) is 2.13. The number of rotatable bonds is 2. The number of benzene rings is 1. The van der Waals surface area contributed by atoms with Gasteiger partial charge in [0.05, 0.1) is 27.2 Å². The minimum Gasteiger partial charge on any atom is -0.358 e. The van der Waals surface area contributed by atoms with E-state index in [9.17, 15) is 0 Å². The highest BCUT2D eigenvalue weighted by Crippen LogP contribution is 2.38. The molecule has 3 nitrogen and oxygen atoms in total. The van der Waals surface area contributed by atoms with Crippen molar-refractivity contribution >= 4 is 32.8 Å². The van der Waals surface area contributed by atoms with E-state index in [2.05, 4.69) is 56.1 Å². The zero-order valence-corrected chi connectivity index (χ0v) is 15.1. The quantitative estimate of drug-likeness (QED) is 0.668. The summed E-state index contributed by atoms with van der Waals surface area (Å²) in [5.74, 6) is 0. The first-order chi connectivity index (χ1) is 11.5. The average molecular weight is 333 g/mol. The molecule has 120 valence electrons. The van der Waals surface area contributed by atoms with Crippen LogP contribution in [-0.4, -0.2) is 15.7 Å². The van der Waals surface area contributed by atoms with Crippen molar-refractivity contribution in [2.24, 2.45) is 4.99 Å². The van der Waals surface area contributed by atoms with Crippen molar-refractivity contribution in [3.05, 3.63) is 69.6 Å². The van der Waals surface area contributed by atoms with E-state index in [0.717, 1.165) is 38.9 Å². The van der Waals surface area contributed by atoms with Gasteiger partial charge in [0.1, 0.15) is 5.01 Å². The van der Waals surface area contributed by atoms with Crippen molar-refractivity contribution in [3.8, 4) is 0 Å². The second-order valence-corrected chi connectivity index (χ2v) is 7.33. The monoisotopic (exact) mass is 333 g/mol. The Balaban J connectivity index is 2.03. The standard InChI is InChI=1S/C20H19N3S/c1-11-9-13(3)21-18(11)17(19-12(2)10-14(4)22-19)20-23-15-7-5-6-8-16(15)24-20/h5-10,21H,1-4H3. The molecular formula is C20H19N3S. The number of hydrogen-bond donors (Lipinski definition) is 1. The maximum atomic E-state index is 4.89. The molecule has 0 atom stereocenters. The van der Waals surface area contributed by atoms with Gasteiger partial charge in [0.2, 0.25) is 0 Å². The van der Waals surface area contributed by atoms with Gasteiger partial charge in [-0.2, -0.15) is 0 Å². The molecule has 3 heterocycles. The molecule has 2 aromatic heterocycles. The van der Waals surface area contributed by atoms with Gasteiger partial charge < -0.3 is 4.98 Å². The number of aryl methyl sites for hydroxylation is 2. The molecule has 0 fully saturated rings. The van der Waals surface area contributed by atoms with Gasteiger partial charge in [0.15, 0.2) is 0 Å². The molecule has 0 aliphatic carbocycles. The number of aromatic amines is 1. The largest absolute Gasteiger partial charge is 0.358 e. The predicted octanol–water partition coefficient (Wildman–Crippen LogP) is 5.42. The first-order valence-corrected chi connectivity index (χ1v) is 8.85. The summed E-state index contributed by atoms with van der Waals surface area (Å²) in [4.78, 5) is 13.2. The van der Waals surface area contributed by atoms with Crippen LogP contribution in [0.3, 0.4) is 0 Å². The zero-order valence-electron chi connectivity index (χ0n) is 14.3. The van der Waals surface area contributed by atoms with Gasteiger partial charge >= 0.3 is 0 Å². The van der Waals surface area contributed by atoms with E-state index in [4.69, 9.17) is 9.98 Å². The molecule has 0 saturated heterocycles. The smallest absolute Gasteiger partial charge is 0.128 e. The molecule has 0 radical (unpaired) electrons. The van der Waals surface area contributed by atoms with Gasteiger partial charge in [-0.3, -0.25) is 4.99 Å². The van der Waals surface area contributed by atoms with Crippen molar-refractivity contribution in [2.45, 2.75) is 27.7 Å². The number of H-pyrrole nitrogens is 1. The van der Waals surface area contributed by atoms with Gasteiger partial charge in [-0.15, -0.1) is 11.3 Å². The van der Waals surface area contributed by atoms with E-state index in [1.54, 1.807) is 11.3 Å². The van der Waals surface area contributed by atoms with Gasteiger partial charge in [-0.25, -0.2) is 4.98 Å². The second kappa shape index (κ2) is 5.56. The summed E-state index contributed by atoms with van der Waals surface area (Å²) in [6.45, 7) is 8.38. The van der Waals surface area contributed by atoms with E-state index in [1.165, 1.54) is 15.8 Å². The summed E-state index contributed by atoms with van der Waals surface area (Å²) in [5.41, 5.74) is 8.90. The molecular weight excluding hydrogens is 314 g/mol. The molecule has 3 aromatic rings. The van der Waals surface area contributed by atoms with E-state index < -0.39 is 0 Å². The molecule has 0 spiro atoms. The Morgan fingerprint density at radius 1 is 1.08 bits per heavy atom. The zero-order chi connectivity index (χ0) is 16.8. The molecule has 4 heteroatoms. The number of aromatic nitrogens is 2. The minimum atomic E-state index is 1.02. The van der Waals surface area contributed by atoms with Crippen LogP contribution in [0.25, 0.3) is 15.8 Å². The van der Waals surface area contributed by atoms with Crippen LogP contribution in [0.15, 0.2) is 52.7 Å². The number of hydrogen-bond acceptors (Lipinski definition) is 3. The summed E-state index contributed by atoms with van der Waals surface area (Å²) >= 11 is 1.72. The Labute approximate surface area is 145 Å². The fourth-order valence-corrected chi connectivity index (χ4v) is 4.24. The fraction of sp³-hybridized carbons (Fsp3) is 0.200. The third kappa shape index (κ3) is 2.43. The van der Waals surface area contributed by atoms with Crippen LogP contribution in [0.4, 0.5) is 0 Å². The molecule has 1 aliphatic rings. The van der Waals surface area contributed by atoms with Crippen LogP contribution in [0.1, 0.15) is 35.8 Å². The molecule has 0 bridgehead atoms. The molecule has 1 aliphatic heterocycles. The molecule has 0 unspecified atom stereocenters. The highest BCUT2D eigenvalue weighted by molar-refractivity contribution is 7.19. The van der Waals surface area contributed by atoms with Crippen LogP contribution >= 0.6 is 11.3 Å². The van der Waals surface area contributed by atoms with Crippen molar-refractivity contribution in [1.82, 2.24) is 9.97 Å². The summed E-state index contributed by atoms with van der Waals surface area (Å²) in [6, 6.07) is 10.5. The average Bonchev–Trinajstić information content (AvgIpc) is 3.18. The molecule has 4 rings (SSSR count). The minimum absolute atomic E-state index is 1.02. The highest BCUT2D eigenvalue weighted by atomic mass is 32.1. The van der Waals surface area contributed by atoms with Crippen molar-refractivity contribution < 1.29 is 0 Å². The van der Waals surface area contributed by atoms with Crippen LogP contribution in [-0.2, 0) is 0 Å². The van der Waals surface area contributed by atoms with Gasteiger partial charge in [0.25, 0.3) is 0 Å². The predicted molar refractivity (Wildman–Crippen MR) is 103 cm³/mol. The van der Waals surface area contributed by atoms with E-state index in [1.807, 2.05) is 13.0 Å². The number of nitrogens with one attached hydrogen (secondary N) is 1. The van der Waals surface area contributed by atoms with E-state index in [0.29, 0.717) is 0 Å². The summed E-state index contributed by atoms with van der Waals surface area (Å²) in [7, 11) is 0. The van der Waals surface area contributed by atoms with Gasteiger partial charge in [0, 0.05) is 11.4 Å². The van der Waals surface area contributed by atoms with Crippen LogP contribution in [0, 0.1) is 13.8 Å². The number of fused-ring (bicyclic) bond motifs is 1. The topological polar surface area (TPSA) is 41.0 Å². The van der Waals surface area contributed by atoms with Crippen molar-refractivity contribution in [2.75, 3.05) is 0 Å². The Hall–Kier alpha value is -2.46. The SMILES string of the molecule is CC1=CC(C)=NC1=C(c1nc2ccccc2s1)c1[nH]c(C)cc1C. The van der Waals surface area contributed by atoms with Gasteiger partial charge in [-0.05, 0) is 63.1 Å². The number of nitrogens with zero attached hydrogens (tertiary/aromatic N) is 2. The molecule has 0 saturated carbocycles. The first kappa shape index (κ1) is 15.1. The first-order valence-electron chi connectivity index (χ1n) is 8.03. The lowest BCUT2D eigenvalue weighted by Gasteiger charge is -2.08. The van der Waals surface area contributed by atoms with Crippen LogP contribution in [0.5, 0.6) is 0 Å². The Kier molecular flexibility index (Phi) is 3.50. The van der Waals surface area contributed by atoms with E-state index >= 15 is 0 Å². The lowest BCUT2D eigenvalue weighted by Crippen LogP contribution is -1.95. The third-order valence-corrected chi connectivity index (χ3v) is 5.29. The van der Waals surface area contributed by atoms with Crippen LogP contribution in [0.2, 0.25) is 0 Å². The van der Waals surface area contributed by atoms with Gasteiger partial charge in [-0.1, -0.05) is 12.1 Å². The second-order valence-electron chi connectivity index (χ2n) is 6.30. The number of para-hydroxylation sites is 1. The lowest BCUT2D eigenvalue weighted by molar-refractivity contribution is 1.20.